The van der Waals surface area contributed by atoms with Gasteiger partial charge < -0.3 is 10.6 Å². The Kier molecular flexibility index (Phi) is 8.05. The van der Waals surface area contributed by atoms with E-state index in [1.54, 1.807) is 24.6 Å². The molecule has 0 radical (unpaired) electrons. The Morgan fingerprint density at radius 3 is 2.58 bits per heavy atom. The quantitative estimate of drug-likeness (QED) is 0.322. The molecule has 3 rings (SSSR count). The molecule has 0 fully saturated rings. The first kappa shape index (κ1) is 20.4. The van der Waals surface area contributed by atoms with Crippen LogP contribution in [0.3, 0.4) is 0 Å². The summed E-state index contributed by atoms with van der Waals surface area (Å²) >= 11 is 1.69. The Hall–Kier alpha value is -1.94. The number of aliphatic imine (C=N–C) groups is 1. The van der Waals surface area contributed by atoms with Gasteiger partial charge in [0.2, 0.25) is 0 Å². The maximum absolute atomic E-state index is 4.36. The molecule has 0 bridgehead atoms. The molecule has 0 unspecified atom stereocenters. The Labute approximate surface area is 174 Å². The van der Waals surface area contributed by atoms with E-state index in [0.717, 1.165) is 17.5 Å². The van der Waals surface area contributed by atoms with Crippen molar-refractivity contribution in [2.24, 2.45) is 4.99 Å². The van der Waals surface area contributed by atoms with Crippen molar-refractivity contribution in [3.63, 3.8) is 0 Å². The van der Waals surface area contributed by atoms with Crippen LogP contribution in [-0.4, -0.2) is 27.8 Å². The summed E-state index contributed by atoms with van der Waals surface area (Å²) in [6.45, 7) is 4.20. The molecule has 0 aliphatic heterocycles. The highest BCUT2D eigenvalue weighted by Gasteiger charge is 2.05. The highest BCUT2D eigenvalue weighted by Crippen LogP contribution is 2.11. The van der Waals surface area contributed by atoms with Gasteiger partial charge in [-0.05, 0) is 24.1 Å². The Morgan fingerprint density at radius 2 is 1.92 bits per heavy atom. The fourth-order valence-corrected chi connectivity index (χ4v) is 3.22. The van der Waals surface area contributed by atoms with Crippen LogP contribution in [0.1, 0.15) is 21.0 Å². The maximum Gasteiger partial charge on any atom is 0.191 e. The molecule has 2 N–H and O–H groups in total. The maximum atomic E-state index is 4.36. The van der Waals surface area contributed by atoms with Crippen molar-refractivity contribution in [2.45, 2.75) is 26.6 Å². The second kappa shape index (κ2) is 10.3. The van der Waals surface area contributed by atoms with Crippen molar-refractivity contribution in [2.75, 3.05) is 7.05 Å². The third-order valence-electron chi connectivity index (χ3n) is 3.76. The van der Waals surface area contributed by atoms with E-state index >= 15 is 0 Å². The van der Waals surface area contributed by atoms with Gasteiger partial charge in [0.1, 0.15) is 5.01 Å². The zero-order valence-electron chi connectivity index (χ0n) is 14.8. The van der Waals surface area contributed by atoms with Crippen LogP contribution in [0, 0.1) is 6.92 Å². The van der Waals surface area contributed by atoms with Crippen molar-refractivity contribution in [3.8, 4) is 0 Å². The van der Waals surface area contributed by atoms with E-state index in [4.69, 9.17) is 0 Å². The first-order valence-electron chi connectivity index (χ1n) is 8.14. The minimum Gasteiger partial charge on any atom is -0.352 e. The van der Waals surface area contributed by atoms with E-state index < -0.39 is 0 Å². The molecular weight excluding hydrogens is 459 g/mol. The lowest BCUT2D eigenvalue weighted by molar-refractivity contribution is 0.677. The van der Waals surface area contributed by atoms with Gasteiger partial charge in [-0.2, -0.15) is 5.10 Å². The summed E-state index contributed by atoms with van der Waals surface area (Å²) in [5.41, 5.74) is 2.47. The van der Waals surface area contributed by atoms with E-state index in [2.05, 4.69) is 56.9 Å². The minimum atomic E-state index is 0. The number of nitrogens with one attached hydrogen (secondary N) is 2. The number of hydrogen-bond donors (Lipinski definition) is 2. The number of benzene rings is 1. The van der Waals surface area contributed by atoms with E-state index in [9.17, 15) is 0 Å². The molecule has 26 heavy (non-hydrogen) atoms. The first-order valence-corrected chi connectivity index (χ1v) is 8.96. The Balaban J connectivity index is 0.00000243. The summed E-state index contributed by atoms with van der Waals surface area (Å²) in [5.74, 6) is 0.766. The molecule has 6 nitrogen and oxygen atoms in total. The molecule has 2 heterocycles. The predicted molar refractivity (Wildman–Crippen MR) is 117 cm³/mol. The molecule has 3 aromatic rings. The van der Waals surface area contributed by atoms with Gasteiger partial charge in [0, 0.05) is 37.1 Å². The summed E-state index contributed by atoms with van der Waals surface area (Å²) in [6, 6.07) is 10.3. The van der Waals surface area contributed by atoms with E-state index in [1.807, 2.05) is 23.1 Å². The van der Waals surface area contributed by atoms with Crippen molar-refractivity contribution in [3.05, 3.63) is 69.9 Å². The lowest BCUT2D eigenvalue weighted by atomic mass is 10.1. The Morgan fingerprint density at radius 1 is 1.15 bits per heavy atom. The number of halogens is 1. The molecular formula is C18H23IN6S. The van der Waals surface area contributed by atoms with Crippen LogP contribution in [0.25, 0.3) is 0 Å². The molecule has 0 aliphatic rings. The monoisotopic (exact) mass is 482 g/mol. The van der Waals surface area contributed by atoms with E-state index in [0.29, 0.717) is 13.1 Å². The average molecular weight is 482 g/mol. The molecule has 0 saturated heterocycles. The fraction of sp³-hybridized carbons (Fsp3) is 0.278. The number of aryl methyl sites for hydroxylation is 1. The smallest absolute Gasteiger partial charge is 0.191 e. The number of nitrogens with zero attached hydrogens (tertiary/aromatic N) is 4. The summed E-state index contributed by atoms with van der Waals surface area (Å²) < 4.78 is 1.93. The normalized spacial score (nSPS) is 11.1. The molecule has 0 saturated carbocycles. The Bertz CT molecular complexity index is 828. The molecule has 138 valence electrons. The molecule has 0 spiro atoms. The first-order chi connectivity index (χ1) is 12.2. The molecule has 0 amide bonds. The second-order valence-corrected chi connectivity index (χ2v) is 6.94. The van der Waals surface area contributed by atoms with Gasteiger partial charge in [0.25, 0.3) is 0 Å². The second-order valence-electron chi connectivity index (χ2n) is 5.62. The fourth-order valence-electron chi connectivity index (χ4n) is 2.49. The van der Waals surface area contributed by atoms with Crippen LogP contribution < -0.4 is 10.6 Å². The van der Waals surface area contributed by atoms with Gasteiger partial charge in [-0.3, -0.25) is 9.67 Å². The van der Waals surface area contributed by atoms with Crippen LogP contribution in [-0.2, 0) is 19.6 Å². The molecule has 0 aliphatic carbocycles. The third kappa shape index (κ3) is 5.80. The topological polar surface area (TPSA) is 67.1 Å². The number of guanidine groups is 1. The number of hydrogen-bond acceptors (Lipinski definition) is 4. The highest BCUT2D eigenvalue weighted by molar-refractivity contribution is 14.0. The lowest BCUT2D eigenvalue weighted by Gasteiger charge is -2.14. The number of rotatable bonds is 6. The van der Waals surface area contributed by atoms with Gasteiger partial charge >= 0.3 is 0 Å². The van der Waals surface area contributed by atoms with Crippen molar-refractivity contribution in [1.82, 2.24) is 25.4 Å². The van der Waals surface area contributed by atoms with Gasteiger partial charge in [-0.25, -0.2) is 4.98 Å². The third-order valence-corrected chi connectivity index (χ3v) is 4.67. The number of aromatic nitrogens is 3. The summed E-state index contributed by atoms with van der Waals surface area (Å²) in [5, 5.41) is 12.0. The number of thiazole rings is 1. The van der Waals surface area contributed by atoms with Crippen LogP contribution >= 0.6 is 35.3 Å². The zero-order chi connectivity index (χ0) is 17.5. The lowest BCUT2D eigenvalue weighted by Crippen LogP contribution is -2.36. The van der Waals surface area contributed by atoms with Crippen LogP contribution in [0.5, 0.6) is 0 Å². The van der Waals surface area contributed by atoms with Crippen LogP contribution in [0.2, 0.25) is 0 Å². The van der Waals surface area contributed by atoms with Gasteiger partial charge in [-0.1, -0.05) is 24.3 Å². The average Bonchev–Trinajstić information content (AvgIpc) is 3.28. The van der Waals surface area contributed by atoms with E-state index in [-0.39, 0.29) is 24.0 Å². The van der Waals surface area contributed by atoms with Crippen molar-refractivity contribution in [1.29, 1.82) is 0 Å². The van der Waals surface area contributed by atoms with Gasteiger partial charge in [0.05, 0.1) is 13.1 Å². The van der Waals surface area contributed by atoms with Gasteiger partial charge in [0.15, 0.2) is 5.96 Å². The van der Waals surface area contributed by atoms with Crippen LogP contribution in [0.4, 0.5) is 0 Å². The van der Waals surface area contributed by atoms with Crippen molar-refractivity contribution < 1.29 is 0 Å². The summed E-state index contributed by atoms with van der Waals surface area (Å²) in [4.78, 5) is 9.86. The van der Waals surface area contributed by atoms with Gasteiger partial charge in [-0.15, -0.1) is 35.3 Å². The van der Waals surface area contributed by atoms with Crippen LogP contribution in [0.15, 0.2) is 53.9 Å². The zero-order valence-corrected chi connectivity index (χ0v) is 18.0. The van der Waals surface area contributed by atoms with Crippen molar-refractivity contribution >= 4 is 41.3 Å². The summed E-state index contributed by atoms with van der Waals surface area (Å²) in [7, 11) is 1.78. The summed E-state index contributed by atoms with van der Waals surface area (Å²) in [6.07, 6.45) is 5.66. The molecule has 8 heteroatoms. The standard InChI is InChI=1S/C18H22N6S.HI/c1-14-10-20-17(25-14)12-22-18(19-2)21-11-15-6-3-4-7-16(15)13-24-9-5-8-23-24;/h3-10H,11-13H2,1-2H3,(H2,19,21,22);1H. The largest absolute Gasteiger partial charge is 0.352 e. The highest BCUT2D eigenvalue weighted by atomic mass is 127. The SMILES string of the molecule is CN=C(NCc1ncc(C)s1)NCc1ccccc1Cn1cccn1.I. The predicted octanol–water partition coefficient (Wildman–Crippen LogP) is 3.18. The molecule has 0 atom stereocenters. The molecule has 2 aromatic heterocycles. The van der Waals surface area contributed by atoms with E-state index in [1.165, 1.54) is 16.0 Å². The minimum absolute atomic E-state index is 0. The molecule has 1 aromatic carbocycles.